The van der Waals surface area contributed by atoms with Gasteiger partial charge in [-0.05, 0) is 42.5 Å². The van der Waals surface area contributed by atoms with Crippen molar-refractivity contribution < 1.29 is 4.79 Å². The number of rotatable bonds is 4. The lowest BCUT2D eigenvalue weighted by atomic mass is 10.1. The van der Waals surface area contributed by atoms with Gasteiger partial charge in [0.25, 0.3) is 0 Å². The maximum atomic E-state index is 12.3. The zero-order valence-corrected chi connectivity index (χ0v) is 14.2. The van der Waals surface area contributed by atoms with Gasteiger partial charge in [0.1, 0.15) is 0 Å². The molecule has 2 heterocycles. The smallest absolute Gasteiger partial charge is 0.246 e. The number of hydrogen-bond donors (Lipinski definition) is 0. The molecule has 126 valence electrons. The van der Waals surface area contributed by atoms with Crippen molar-refractivity contribution in [3.8, 4) is 6.19 Å². The Balaban J connectivity index is 1.56. The van der Waals surface area contributed by atoms with Crippen LogP contribution in [0.15, 0.2) is 35.9 Å². The molecule has 5 nitrogen and oxygen atoms in total. The van der Waals surface area contributed by atoms with Gasteiger partial charge in [-0.25, -0.2) is 0 Å². The minimum atomic E-state index is 0.00779. The highest BCUT2D eigenvalue weighted by atomic mass is 16.2. The minimum absolute atomic E-state index is 0.00779. The van der Waals surface area contributed by atoms with Crippen LogP contribution in [0.2, 0.25) is 0 Å². The van der Waals surface area contributed by atoms with Gasteiger partial charge >= 0.3 is 0 Å². The molecule has 2 aliphatic heterocycles. The first-order valence-electron chi connectivity index (χ1n) is 8.59. The van der Waals surface area contributed by atoms with E-state index < -0.39 is 0 Å². The lowest BCUT2D eigenvalue weighted by Gasteiger charge is -2.19. The van der Waals surface area contributed by atoms with Gasteiger partial charge < -0.3 is 14.7 Å². The van der Waals surface area contributed by atoms with Crippen molar-refractivity contribution in [3.63, 3.8) is 0 Å². The van der Waals surface area contributed by atoms with Gasteiger partial charge in [-0.2, -0.15) is 5.26 Å². The van der Waals surface area contributed by atoms with Crippen molar-refractivity contribution in [2.24, 2.45) is 0 Å². The summed E-state index contributed by atoms with van der Waals surface area (Å²) in [6, 6.07) is 8.52. The molecule has 2 aliphatic rings. The minimum Gasteiger partial charge on any atom is -0.372 e. The number of carbonyl (C=O) groups is 1. The second-order valence-corrected chi connectivity index (χ2v) is 6.63. The Morgan fingerprint density at radius 2 is 1.96 bits per heavy atom. The Morgan fingerprint density at radius 3 is 2.58 bits per heavy atom. The number of amides is 1. The number of hydrogen-bond acceptors (Lipinski definition) is 4. The predicted octanol–water partition coefficient (Wildman–Crippen LogP) is 2.36. The Bertz CT molecular complexity index is 653. The lowest BCUT2D eigenvalue weighted by molar-refractivity contribution is -0.125. The quantitative estimate of drug-likeness (QED) is 0.630. The molecular weight excluding hydrogens is 300 g/mol. The predicted molar refractivity (Wildman–Crippen MR) is 94.2 cm³/mol. The van der Waals surface area contributed by atoms with E-state index in [2.05, 4.69) is 35.4 Å². The second kappa shape index (κ2) is 7.39. The van der Waals surface area contributed by atoms with Crippen molar-refractivity contribution >= 4 is 11.6 Å². The maximum Gasteiger partial charge on any atom is 0.246 e. The standard InChI is InChI=1S/C19H24N4O/c1-21(19(24)12-17-8-11-22(14-17)15-20)13-16-4-6-18(7-5-16)23-9-2-3-10-23/h4-7,12H,2-3,8-11,13-14H2,1H3. The van der Waals surface area contributed by atoms with Crippen LogP contribution in [-0.4, -0.2) is 48.9 Å². The van der Waals surface area contributed by atoms with E-state index in [1.54, 1.807) is 15.9 Å². The molecule has 1 aromatic carbocycles. The van der Waals surface area contributed by atoms with Crippen molar-refractivity contribution in [1.82, 2.24) is 9.80 Å². The summed E-state index contributed by atoms with van der Waals surface area (Å²) in [5.41, 5.74) is 3.45. The van der Waals surface area contributed by atoms with Crippen molar-refractivity contribution in [3.05, 3.63) is 41.5 Å². The maximum absolute atomic E-state index is 12.3. The highest BCUT2D eigenvalue weighted by Crippen LogP contribution is 2.21. The van der Waals surface area contributed by atoms with Crippen LogP contribution in [0, 0.1) is 11.5 Å². The van der Waals surface area contributed by atoms with Gasteiger partial charge in [-0.15, -0.1) is 0 Å². The van der Waals surface area contributed by atoms with E-state index in [1.807, 2.05) is 7.05 Å². The Labute approximate surface area is 143 Å². The first-order valence-corrected chi connectivity index (χ1v) is 8.59. The third-order valence-corrected chi connectivity index (χ3v) is 4.77. The molecule has 24 heavy (non-hydrogen) atoms. The largest absolute Gasteiger partial charge is 0.372 e. The average Bonchev–Trinajstić information content (AvgIpc) is 3.27. The van der Waals surface area contributed by atoms with E-state index in [0.29, 0.717) is 13.1 Å². The van der Waals surface area contributed by atoms with Gasteiger partial charge in [-0.1, -0.05) is 12.1 Å². The summed E-state index contributed by atoms with van der Waals surface area (Å²) < 4.78 is 0. The summed E-state index contributed by atoms with van der Waals surface area (Å²) in [7, 11) is 1.82. The van der Waals surface area contributed by atoms with Crippen molar-refractivity contribution in [1.29, 1.82) is 5.26 Å². The van der Waals surface area contributed by atoms with Crippen LogP contribution >= 0.6 is 0 Å². The summed E-state index contributed by atoms with van der Waals surface area (Å²) in [6.07, 6.45) is 7.17. The summed E-state index contributed by atoms with van der Waals surface area (Å²) in [6.45, 7) is 4.19. The Kier molecular flexibility index (Phi) is 5.05. The van der Waals surface area contributed by atoms with E-state index in [4.69, 9.17) is 5.26 Å². The fraction of sp³-hybridized carbons (Fsp3) is 0.474. The van der Waals surface area contributed by atoms with Gasteiger partial charge in [-0.3, -0.25) is 4.79 Å². The van der Waals surface area contributed by atoms with Crippen molar-refractivity contribution in [2.45, 2.75) is 25.8 Å². The van der Waals surface area contributed by atoms with E-state index >= 15 is 0 Å². The monoisotopic (exact) mass is 324 g/mol. The number of benzene rings is 1. The number of likely N-dealkylation sites (tertiary alicyclic amines) is 1. The number of likely N-dealkylation sites (N-methyl/N-ethyl adjacent to an activating group) is 1. The topological polar surface area (TPSA) is 50.6 Å². The van der Waals surface area contributed by atoms with Crippen LogP contribution < -0.4 is 4.90 Å². The van der Waals surface area contributed by atoms with Crippen LogP contribution in [-0.2, 0) is 11.3 Å². The summed E-state index contributed by atoms with van der Waals surface area (Å²) in [5, 5.41) is 8.87. The average molecular weight is 324 g/mol. The summed E-state index contributed by atoms with van der Waals surface area (Å²) in [4.78, 5) is 18.1. The fourth-order valence-electron chi connectivity index (χ4n) is 3.31. The third kappa shape index (κ3) is 3.88. The fourth-order valence-corrected chi connectivity index (χ4v) is 3.31. The first-order chi connectivity index (χ1) is 11.7. The SMILES string of the molecule is CN(Cc1ccc(N2CCCC2)cc1)C(=O)C=C1CCN(C#N)C1. The lowest BCUT2D eigenvalue weighted by Crippen LogP contribution is -2.25. The Morgan fingerprint density at radius 1 is 1.25 bits per heavy atom. The molecule has 0 bridgehead atoms. The van der Waals surface area contributed by atoms with E-state index in [9.17, 15) is 4.79 Å². The molecule has 3 rings (SSSR count). The molecule has 0 N–H and O–H groups in total. The number of nitriles is 1. The molecule has 1 aromatic rings. The molecule has 0 radical (unpaired) electrons. The van der Waals surface area contributed by atoms with E-state index in [1.165, 1.54) is 18.5 Å². The van der Waals surface area contributed by atoms with Gasteiger partial charge in [0.05, 0.1) is 0 Å². The number of anilines is 1. The molecule has 2 saturated heterocycles. The van der Waals surface area contributed by atoms with Crippen LogP contribution in [0.3, 0.4) is 0 Å². The van der Waals surface area contributed by atoms with Gasteiger partial charge in [0, 0.05) is 51.5 Å². The van der Waals surface area contributed by atoms with Crippen LogP contribution in [0.25, 0.3) is 0 Å². The summed E-state index contributed by atoms with van der Waals surface area (Å²) in [5.74, 6) is 0.00779. The zero-order chi connectivity index (χ0) is 16.9. The van der Waals surface area contributed by atoms with Gasteiger partial charge in [0.2, 0.25) is 5.91 Å². The molecule has 2 fully saturated rings. The molecule has 0 atom stereocenters. The second-order valence-electron chi connectivity index (χ2n) is 6.63. The van der Waals surface area contributed by atoms with Crippen LogP contribution in [0.4, 0.5) is 5.69 Å². The third-order valence-electron chi connectivity index (χ3n) is 4.77. The summed E-state index contributed by atoms with van der Waals surface area (Å²) >= 11 is 0. The molecule has 0 aromatic heterocycles. The highest BCUT2D eigenvalue weighted by molar-refractivity contribution is 5.88. The van der Waals surface area contributed by atoms with E-state index in [0.717, 1.165) is 37.2 Å². The van der Waals surface area contributed by atoms with Gasteiger partial charge in [0.15, 0.2) is 6.19 Å². The van der Waals surface area contributed by atoms with Crippen LogP contribution in [0.1, 0.15) is 24.8 Å². The number of carbonyl (C=O) groups excluding carboxylic acids is 1. The van der Waals surface area contributed by atoms with Crippen LogP contribution in [0.5, 0.6) is 0 Å². The van der Waals surface area contributed by atoms with Crippen molar-refractivity contribution in [2.75, 3.05) is 38.1 Å². The van der Waals surface area contributed by atoms with E-state index in [-0.39, 0.29) is 5.91 Å². The zero-order valence-electron chi connectivity index (χ0n) is 14.2. The molecule has 0 aliphatic carbocycles. The molecule has 5 heteroatoms. The molecule has 0 spiro atoms. The molecular formula is C19H24N4O. The Hall–Kier alpha value is -2.48. The number of nitrogens with zero attached hydrogens (tertiary/aromatic N) is 4. The normalized spacial score (nSPS) is 18.9. The first kappa shape index (κ1) is 16.4. The molecule has 1 amide bonds. The molecule has 0 saturated carbocycles. The molecule has 0 unspecified atom stereocenters. The highest BCUT2D eigenvalue weighted by Gasteiger charge is 2.17.